The van der Waals surface area contributed by atoms with E-state index in [9.17, 15) is 5.11 Å². The van der Waals surface area contributed by atoms with E-state index in [1.165, 1.54) is 5.56 Å². The van der Waals surface area contributed by atoms with Gasteiger partial charge in [-0.1, -0.05) is 30.3 Å². The van der Waals surface area contributed by atoms with Gasteiger partial charge in [-0.2, -0.15) is 5.10 Å². The number of hydrogen-bond acceptors (Lipinski definition) is 4. The van der Waals surface area contributed by atoms with Crippen molar-refractivity contribution < 1.29 is 5.11 Å². The largest absolute Gasteiger partial charge is 0.392 e. The lowest BCUT2D eigenvalue weighted by Gasteiger charge is -2.29. The van der Waals surface area contributed by atoms with Gasteiger partial charge in [-0.25, -0.2) is 4.68 Å². The van der Waals surface area contributed by atoms with E-state index in [2.05, 4.69) is 26.7 Å². The Morgan fingerprint density at radius 3 is 2.82 bits per heavy atom. The summed E-state index contributed by atoms with van der Waals surface area (Å²) in [7, 11) is 0. The number of nitrogens with zero attached hydrogens (tertiary/aromatic N) is 4. The second-order valence-electron chi connectivity index (χ2n) is 5.92. The summed E-state index contributed by atoms with van der Waals surface area (Å²) in [5.41, 5.74) is 1.22. The van der Waals surface area contributed by atoms with Crippen LogP contribution in [-0.2, 0) is 13.2 Å². The number of benzene rings is 1. The fourth-order valence-electron chi connectivity index (χ4n) is 2.94. The van der Waals surface area contributed by atoms with Crippen molar-refractivity contribution >= 4 is 12.2 Å². The SMILES string of the molecule is Cc1nn(CN2CCC[C@@H](O)C2)c(=S)n1Cc1ccccc1. The third-order valence-electron chi connectivity index (χ3n) is 4.11. The molecule has 5 nitrogen and oxygen atoms in total. The Hall–Kier alpha value is -1.50. The Kier molecular flexibility index (Phi) is 4.71. The van der Waals surface area contributed by atoms with Gasteiger partial charge in [-0.15, -0.1) is 0 Å². The second kappa shape index (κ2) is 6.73. The van der Waals surface area contributed by atoms with Gasteiger partial charge in [-0.05, 0) is 37.5 Å². The van der Waals surface area contributed by atoms with Crippen molar-refractivity contribution in [3.63, 3.8) is 0 Å². The molecule has 1 N–H and O–H groups in total. The molecular weight excluding hydrogens is 296 g/mol. The number of piperidine rings is 1. The van der Waals surface area contributed by atoms with Crippen LogP contribution in [0.5, 0.6) is 0 Å². The third-order valence-corrected chi connectivity index (χ3v) is 4.54. The highest BCUT2D eigenvalue weighted by atomic mass is 32.1. The fourth-order valence-corrected chi connectivity index (χ4v) is 3.23. The van der Waals surface area contributed by atoms with Crippen LogP contribution >= 0.6 is 12.2 Å². The summed E-state index contributed by atoms with van der Waals surface area (Å²) in [4.78, 5) is 2.21. The summed E-state index contributed by atoms with van der Waals surface area (Å²) < 4.78 is 4.66. The molecule has 0 radical (unpaired) electrons. The van der Waals surface area contributed by atoms with Crippen LogP contribution in [0.2, 0.25) is 0 Å². The van der Waals surface area contributed by atoms with Gasteiger partial charge < -0.3 is 5.11 Å². The Morgan fingerprint density at radius 2 is 2.09 bits per heavy atom. The molecule has 0 bridgehead atoms. The lowest BCUT2D eigenvalue weighted by molar-refractivity contribution is 0.0512. The van der Waals surface area contributed by atoms with E-state index in [1.54, 1.807) is 0 Å². The maximum absolute atomic E-state index is 9.78. The first kappa shape index (κ1) is 15.4. The van der Waals surface area contributed by atoms with Crippen LogP contribution in [0.1, 0.15) is 24.2 Å². The molecule has 0 aliphatic carbocycles. The van der Waals surface area contributed by atoms with Gasteiger partial charge in [0.05, 0.1) is 19.3 Å². The van der Waals surface area contributed by atoms with Gasteiger partial charge in [0.2, 0.25) is 0 Å². The molecule has 1 atom stereocenters. The Labute approximate surface area is 135 Å². The minimum atomic E-state index is -0.226. The van der Waals surface area contributed by atoms with Crippen molar-refractivity contribution in [2.24, 2.45) is 0 Å². The van der Waals surface area contributed by atoms with E-state index in [1.807, 2.05) is 29.8 Å². The average Bonchev–Trinajstić information content (AvgIpc) is 2.76. The molecule has 6 heteroatoms. The zero-order valence-electron chi connectivity index (χ0n) is 12.9. The average molecular weight is 318 g/mol. The minimum Gasteiger partial charge on any atom is -0.392 e. The summed E-state index contributed by atoms with van der Waals surface area (Å²) >= 11 is 5.58. The van der Waals surface area contributed by atoms with E-state index in [4.69, 9.17) is 12.2 Å². The molecule has 118 valence electrons. The number of aromatic nitrogens is 3. The lowest BCUT2D eigenvalue weighted by Crippen LogP contribution is -2.39. The molecule has 1 fully saturated rings. The predicted octanol–water partition coefficient (Wildman–Crippen LogP) is 2.19. The molecule has 0 saturated carbocycles. The number of β-amino-alcohol motifs (C(OH)–C–C–N with tert-alkyl or cyclic N) is 1. The van der Waals surface area contributed by atoms with Crippen molar-refractivity contribution in [3.05, 3.63) is 46.5 Å². The zero-order chi connectivity index (χ0) is 15.5. The maximum Gasteiger partial charge on any atom is 0.199 e. The van der Waals surface area contributed by atoms with Crippen LogP contribution in [-0.4, -0.2) is 43.5 Å². The maximum atomic E-state index is 9.78. The topological polar surface area (TPSA) is 46.2 Å². The van der Waals surface area contributed by atoms with E-state index >= 15 is 0 Å². The summed E-state index contributed by atoms with van der Waals surface area (Å²) in [5.74, 6) is 0.923. The van der Waals surface area contributed by atoms with Crippen LogP contribution < -0.4 is 0 Å². The van der Waals surface area contributed by atoms with Crippen LogP contribution in [0.4, 0.5) is 0 Å². The van der Waals surface area contributed by atoms with E-state index in [0.29, 0.717) is 13.2 Å². The fraction of sp³-hybridized carbons (Fsp3) is 0.500. The molecule has 1 aliphatic rings. The molecule has 0 spiro atoms. The second-order valence-corrected chi connectivity index (χ2v) is 6.28. The molecule has 1 aromatic heterocycles. The van der Waals surface area contributed by atoms with Crippen molar-refractivity contribution in [1.29, 1.82) is 0 Å². The van der Waals surface area contributed by atoms with Gasteiger partial charge in [0, 0.05) is 13.1 Å². The van der Waals surface area contributed by atoms with Gasteiger partial charge in [0.1, 0.15) is 5.82 Å². The first-order valence-corrected chi connectivity index (χ1v) is 8.13. The number of hydrogen-bond donors (Lipinski definition) is 1. The molecule has 2 heterocycles. The third kappa shape index (κ3) is 3.45. The van der Waals surface area contributed by atoms with E-state index in [0.717, 1.165) is 36.5 Å². The molecule has 0 unspecified atom stereocenters. The molecule has 1 saturated heterocycles. The molecule has 0 amide bonds. The summed E-state index contributed by atoms with van der Waals surface area (Å²) in [5, 5.41) is 14.4. The molecule has 2 aromatic rings. The molecular formula is C16H22N4OS. The highest BCUT2D eigenvalue weighted by Crippen LogP contribution is 2.12. The first-order valence-electron chi connectivity index (χ1n) is 7.72. The Balaban J connectivity index is 1.76. The Bertz CT molecular complexity index is 679. The van der Waals surface area contributed by atoms with Gasteiger partial charge in [-0.3, -0.25) is 9.47 Å². The Morgan fingerprint density at radius 1 is 1.32 bits per heavy atom. The number of aliphatic hydroxyl groups is 1. The quantitative estimate of drug-likeness (QED) is 0.878. The first-order chi connectivity index (χ1) is 10.6. The molecule has 22 heavy (non-hydrogen) atoms. The lowest BCUT2D eigenvalue weighted by atomic mass is 10.1. The monoisotopic (exact) mass is 318 g/mol. The van der Waals surface area contributed by atoms with Gasteiger partial charge >= 0.3 is 0 Å². The van der Waals surface area contributed by atoms with Gasteiger partial charge in [0.15, 0.2) is 4.77 Å². The summed E-state index contributed by atoms with van der Waals surface area (Å²) in [6.45, 7) is 5.07. The van der Waals surface area contributed by atoms with E-state index < -0.39 is 0 Å². The highest BCUT2D eigenvalue weighted by Gasteiger charge is 2.19. The molecule has 1 aliphatic heterocycles. The van der Waals surface area contributed by atoms with Crippen molar-refractivity contribution in [3.8, 4) is 0 Å². The number of rotatable bonds is 4. The standard InChI is InChI=1S/C16H22N4OS/c1-13-17-20(12-18-9-5-8-15(21)11-18)16(22)19(13)10-14-6-3-2-4-7-14/h2-4,6-7,15,21H,5,8-12H2,1H3/t15-/m1/s1. The van der Waals surface area contributed by atoms with E-state index in [-0.39, 0.29) is 6.10 Å². The number of aliphatic hydroxyl groups excluding tert-OH is 1. The molecule has 3 rings (SSSR count). The van der Waals surface area contributed by atoms with Crippen LogP contribution in [0.3, 0.4) is 0 Å². The number of likely N-dealkylation sites (tertiary alicyclic amines) is 1. The zero-order valence-corrected chi connectivity index (χ0v) is 13.7. The van der Waals surface area contributed by atoms with Crippen molar-refractivity contribution in [2.75, 3.05) is 13.1 Å². The van der Waals surface area contributed by atoms with Crippen LogP contribution in [0.25, 0.3) is 0 Å². The normalized spacial score (nSPS) is 19.5. The minimum absolute atomic E-state index is 0.226. The van der Waals surface area contributed by atoms with Crippen molar-refractivity contribution in [2.45, 2.75) is 39.1 Å². The predicted molar refractivity (Wildman–Crippen MR) is 88.1 cm³/mol. The smallest absolute Gasteiger partial charge is 0.199 e. The summed E-state index contributed by atoms with van der Waals surface area (Å²) in [6, 6.07) is 10.3. The number of aryl methyl sites for hydroxylation is 1. The highest BCUT2D eigenvalue weighted by molar-refractivity contribution is 7.71. The van der Waals surface area contributed by atoms with Crippen LogP contribution in [0, 0.1) is 11.7 Å². The van der Waals surface area contributed by atoms with Gasteiger partial charge in [0.25, 0.3) is 0 Å². The van der Waals surface area contributed by atoms with Crippen molar-refractivity contribution in [1.82, 2.24) is 19.2 Å². The van der Waals surface area contributed by atoms with Crippen LogP contribution in [0.15, 0.2) is 30.3 Å². The molecule has 1 aromatic carbocycles. The summed E-state index contributed by atoms with van der Waals surface area (Å²) in [6.07, 6.45) is 1.69.